The van der Waals surface area contributed by atoms with Crippen LogP contribution in [0.3, 0.4) is 0 Å². The predicted octanol–water partition coefficient (Wildman–Crippen LogP) is 6.15. The van der Waals surface area contributed by atoms with Gasteiger partial charge in [0.25, 0.3) is 6.01 Å². The Bertz CT molecular complexity index is 2150. The molecule has 0 unspecified atom stereocenters. The maximum Gasteiger partial charge on any atom is 0.307 e. The smallest absolute Gasteiger partial charge is 0.307 e. The van der Waals surface area contributed by atoms with Gasteiger partial charge < -0.3 is 14.4 Å². The van der Waals surface area contributed by atoms with Crippen LogP contribution in [0, 0.1) is 24.2 Å². The molecule has 16 heteroatoms. The number of benzene rings is 1. The highest BCUT2D eigenvalue weighted by atomic mass is 32.2. The number of aryl methyl sites for hydroxylation is 1. The van der Waals surface area contributed by atoms with Gasteiger partial charge in [-0.25, -0.2) is 9.71 Å². The molecule has 0 spiro atoms. The number of hydrogen-bond donors (Lipinski definition) is 1. The van der Waals surface area contributed by atoms with E-state index in [1.54, 1.807) is 32.1 Å². The molecule has 1 aliphatic carbocycles. The average molecular weight is 825 g/mol. The highest BCUT2D eigenvalue weighted by molar-refractivity contribution is 7.87. The van der Waals surface area contributed by atoms with Crippen LogP contribution in [0.2, 0.25) is 0 Å². The topological polar surface area (TPSA) is 170 Å². The Morgan fingerprint density at radius 1 is 1.14 bits per heavy atom. The lowest BCUT2D eigenvalue weighted by atomic mass is 9.90. The molecule has 0 radical (unpaired) electrons. The first-order valence-corrected chi connectivity index (χ1v) is 22.1. The van der Waals surface area contributed by atoms with E-state index in [0.29, 0.717) is 25.3 Å². The molecule has 3 aliphatic rings. The molecule has 5 atom stereocenters. The molecule has 310 valence electrons. The number of thiazole rings is 1. The number of ether oxygens (including phenoxy) is 2. The number of esters is 1. The summed E-state index contributed by atoms with van der Waals surface area (Å²) in [6.45, 7) is 11.4. The molecule has 2 fully saturated rings. The van der Waals surface area contributed by atoms with Crippen LogP contribution in [0.1, 0.15) is 103 Å². The molecule has 57 heavy (non-hydrogen) atoms. The Balaban J connectivity index is 1.36. The van der Waals surface area contributed by atoms with Crippen molar-refractivity contribution in [2.24, 2.45) is 17.3 Å². The zero-order valence-corrected chi connectivity index (χ0v) is 35.9. The first-order valence-electron chi connectivity index (χ1n) is 19.9. The highest BCUT2D eigenvalue weighted by Gasteiger charge is 2.61. The van der Waals surface area contributed by atoms with Crippen LogP contribution in [0.4, 0.5) is 0 Å². The van der Waals surface area contributed by atoms with Crippen molar-refractivity contribution in [3.05, 3.63) is 41.4 Å². The third-order valence-electron chi connectivity index (χ3n) is 11.0. The van der Waals surface area contributed by atoms with Gasteiger partial charge in [-0.1, -0.05) is 31.1 Å². The number of ketones is 1. The van der Waals surface area contributed by atoms with Crippen molar-refractivity contribution in [1.29, 1.82) is 0 Å². The molecule has 1 saturated carbocycles. The minimum Gasteiger partial charge on any atom is -0.460 e. The summed E-state index contributed by atoms with van der Waals surface area (Å²) in [6, 6.07) is 5.22. The fraction of sp³-hybridized carbons (Fsp3) is 0.610. The van der Waals surface area contributed by atoms with E-state index in [-0.39, 0.29) is 49.5 Å². The highest BCUT2D eigenvalue weighted by Crippen LogP contribution is 2.57. The maximum atomic E-state index is 14.7. The number of para-hydroxylation sites is 1. The van der Waals surface area contributed by atoms with E-state index in [9.17, 15) is 27.6 Å². The lowest BCUT2D eigenvalue weighted by Crippen LogP contribution is -2.47. The first kappa shape index (κ1) is 42.5. The fourth-order valence-corrected chi connectivity index (χ4v) is 9.41. The summed E-state index contributed by atoms with van der Waals surface area (Å²) in [5.74, 6) is -3.04. The van der Waals surface area contributed by atoms with Crippen LogP contribution in [0.5, 0.6) is 6.01 Å². The van der Waals surface area contributed by atoms with Gasteiger partial charge in [0.15, 0.2) is 5.78 Å². The number of allylic oxidation sites excluding steroid dienone is 2. The summed E-state index contributed by atoms with van der Waals surface area (Å²) in [5, 5.41) is 0.835. The minimum atomic E-state index is -4.13. The first-order chi connectivity index (χ1) is 26.8. The van der Waals surface area contributed by atoms with Crippen molar-refractivity contribution >= 4 is 56.1 Å². The molecular weight excluding hydrogens is 769 g/mol. The molecule has 1 N–H and O–H groups in total. The van der Waals surface area contributed by atoms with Crippen molar-refractivity contribution < 1.29 is 37.1 Å². The van der Waals surface area contributed by atoms with E-state index in [4.69, 9.17) is 14.5 Å². The van der Waals surface area contributed by atoms with Gasteiger partial charge in [-0.05, 0) is 85.3 Å². The summed E-state index contributed by atoms with van der Waals surface area (Å²) < 4.78 is 43.0. The number of carbonyl (C=O) groups excluding carboxylic acids is 4. The zero-order chi connectivity index (χ0) is 41.4. The molecule has 3 aromatic rings. The van der Waals surface area contributed by atoms with Crippen LogP contribution >= 0.6 is 11.3 Å². The second-order valence-corrected chi connectivity index (χ2v) is 20.3. The van der Waals surface area contributed by atoms with Gasteiger partial charge in [-0.3, -0.25) is 23.7 Å². The van der Waals surface area contributed by atoms with Crippen molar-refractivity contribution in [3.63, 3.8) is 0 Å². The van der Waals surface area contributed by atoms with Crippen LogP contribution < -0.4 is 9.46 Å². The van der Waals surface area contributed by atoms with Crippen molar-refractivity contribution in [3.8, 4) is 16.6 Å². The van der Waals surface area contributed by atoms with Crippen molar-refractivity contribution in [2.45, 2.75) is 123 Å². The maximum absolute atomic E-state index is 14.7. The molecule has 2 aliphatic heterocycles. The Hall–Kier alpha value is -4.15. The van der Waals surface area contributed by atoms with E-state index < -0.39 is 51.2 Å². The van der Waals surface area contributed by atoms with Gasteiger partial charge in [-0.2, -0.15) is 17.7 Å². The molecule has 4 heterocycles. The second-order valence-electron chi connectivity index (χ2n) is 17.2. The van der Waals surface area contributed by atoms with E-state index in [1.165, 1.54) is 19.0 Å². The number of Topliss-reactive ketones (excluding diaryl/α,β-unsaturated/α-hetero) is 1. The second kappa shape index (κ2) is 16.6. The molecule has 6 rings (SSSR count). The minimum absolute atomic E-state index is 0.0525. The summed E-state index contributed by atoms with van der Waals surface area (Å²) in [7, 11) is -1.48. The van der Waals surface area contributed by atoms with E-state index >= 15 is 0 Å². The molecule has 2 aromatic heterocycles. The quantitative estimate of drug-likeness (QED) is 0.195. The van der Waals surface area contributed by atoms with Gasteiger partial charge in [0.2, 0.25) is 11.8 Å². The molecule has 1 aromatic carbocycles. The monoisotopic (exact) mass is 824 g/mol. The van der Waals surface area contributed by atoms with Crippen LogP contribution in [-0.4, -0.2) is 94.1 Å². The van der Waals surface area contributed by atoms with Crippen LogP contribution in [0.15, 0.2) is 36.5 Å². The number of nitrogens with one attached hydrogen (secondary N) is 1. The van der Waals surface area contributed by atoms with E-state index in [1.807, 2.05) is 61.9 Å². The largest absolute Gasteiger partial charge is 0.460 e. The standard InChI is InChI=1S/C41H56N6O8S2/c1-25(2)47-31-18-14-17-30(36-42-23-26(3)56-36)35(31)43-39(47)54-29-20-32-33(48)22-41(38(51)44-57(52,53)45(7)8)21-28(41)16-13-11-9-10-12-15-27(37(50)46(32)24-29)19-34(49)55-40(4,5)6/h13-14,16-18,23,25,27-29,32H,9-12,15,19-22,24H2,1-8H3,(H,44,51)/b16-13-/t27-,28-,29-,32+,41-/m1/s1. The van der Waals surface area contributed by atoms with Crippen molar-refractivity contribution in [1.82, 2.24) is 28.5 Å². The summed E-state index contributed by atoms with van der Waals surface area (Å²) in [4.78, 5) is 68.5. The molecule has 0 bridgehead atoms. The van der Waals surface area contributed by atoms with Gasteiger partial charge >= 0.3 is 16.2 Å². The SMILES string of the molecule is Cc1cnc(-c2cccc3c2nc(O[C@@H]2C[C@H]4C(=O)C[C@]5(C(=O)NS(=O)(=O)N(C)C)C[C@H]5/C=C\CCCCC[C@H](CC(=O)OC(C)(C)C)C(=O)N4C2)n3C(C)C)s1. The number of amides is 2. The Labute approximate surface area is 339 Å². The Kier molecular flexibility index (Phi) is 12.4. The third kappa shape index (κ3) is 9.44. The Morgan fingerprint density at radius 2 is 1.89 bits per heavy atom. The molecule has 2 amide bonds. The fourth-order valence-electron chi connectivity index (χ4n) is 8.00. The molecular formula is C41H56N6O8S2. The average Bonchev–Trinajstić information content (AvgIpc) is 3.42. The number of aromatic nitrogens is 3. The zero-order valence-electron chi connectivity index (χ0n) is 34.2. The summed E-state index contributed by atoms with van der Waals surface area (Å²) >= 11 is 1.57. The predicted molar refractivity (Wildman–Crippen MR) is 218 cm³/mol. The number of nitrogens with zero attached hydrogens (tertiary/aromatic N) is 5. The number of carbonyl (C=O) groups is 4. The summed E-state index contributed by atoms with van der Waals surface area (Å²) in [5.41, 5.74) is 0.416. The Morgan fingerprint density at radius 3 is 2.56 bits per heavy atom. The molecule has 1 saturated heterocycles. The number of fused-ring (bicyclic) bond motifs is 3. The molecule has 14 nitrogen and oxygen atoms in total. The summed E-state index contributed by atoms with van der Waals surface area (Å²) in [6.07, 6.45) is 8.57. The van der Waals surface area contributed by atoms with Gasteiger partial charge in [0.1, 0.15) is 22.2 Å². The number of hydrogen-bond acceptors (Lipinski definition) is 11. The van der Waals surface area contributed by atoms with Gasteiger partial charge in [-0.15, -0.1) is 11.3 Å². The van der Waals surface area contributed by atoms with Crippen molar-refractivity contribution in [2.75, 3.05) is 20.6 Å². The lowest BCUT2D eigenvalue weighted by molar-refractivity contribution is -0.159. The van der Waals surface area contributed by atoms with Gasteiger partial charge in [0.05, 0.1) is 29.9 Å². The lowest BCUT2D eigenvalue weighted by Gasteiger charge is -2.29. The van der Waals surface area contributed by atoms with E-state index in [0.717, 1.165) is 50.0 Å². The van der Waals surface area contributed by atoms with E-state index in [2.05, 4.69) is 9.71 Å². The number of imidazole rings is 1. The van der Waals surface area contributed by atoms with Crippen LogP contribution in [0.25, 0.3) is 21.6 Å². The third-order valence-corrected chi connectivity index (χ3v) is 13.3. The van der Waals surface area contributed by atoms with Gasteiger partial charge in [0, 0.05) is 55.5 Å². The van der Waals surface area contributed by atoms with Crippen LogP contribution in [-0.2, 0) is 34.1 Å². The normalized spacial score (nSPS) is 25.5. The number of rotatable bonds is 9.